The maximum atomic E-state index is 12.4. The van der Waals surface area contributed by atoms with E-state index in [4.69, 9.17) is 4.74 Å². The number of carbonyl (C=O) groups excluding carboxylic acids is 1. The molecular formula is C15H21NO3. The normalized spacial score (nSPS) is 16.6. The highest BCUT2D eigenvalue weighted by molar-refractivity contribution is 6.00. The lowest BCUT2D eigenvalue weighted by Crippen LogP contribution is -2.31. The number of hydrogen-bond donors (Lipinski definition) is 2. The number of nitrogens with one attached hydrogen (secondary N) is 1. The number of carbonyl (C=O) groups is 1. The van der Waals surface area contributed by atoms with Gasteiger partial charge in [-0.25, -0.2) is 0 Å². The Bertz CT molecular complexity index is 451. The van der Waals surface area contributed by atoms with Gasteiger partial charge in [0.1, 0.15) is 11.5 Å². The monoisotopic (exact) mass is 263 g/mol. The molecule has 0 unspecified atom stereocenters. The lowest BCUT2D eigenvalue weighted by molar-refractivity contribution is 0.0891. The first-order chi connectivity index (χ1) is 9.08. The summed E-state index contributed by atoms with van der Waals surface area (Å²) in [5.74, 6) is 0.694. The van der Waals surface area contributed by atoms with Gasteiger partial charge in [0.2, 0.25) is 0 Å². The predicted molar refractivity (Wildman–Crippen MR) is 73.8 cm³/mol. The van der Waals surface area contributed by atoms with Crippen LogP contribution in [-0.2, 0) is 0 Å². The van der Waals surface area contributed by atoms with E-state index in [0.29, 0.717) is 11.3 Å². The van der Waals surface area contributed by atoms with Crippen LogP contribution in [0.25, 0.3) is 0 Å². The molecule has 1 aromatic rings. The standard InChI is InChI=1S/C15H21NO3/c1-10(2)19-12-3-4-14(17)13(9-12)15(18)11-5-7-16-8-6-11/h3-4,9-11,16-17H,5-8H2,1-2H3. The zero-order chi connectivity index (χ0) is 13.8. The molecule has 19 heavy (non-hydrogen) atoms. The number of benzene rings is 1. The summed E-state index contributed by atoms with van der Waals surface area (Å²) in [4.78, 5) is 12.4. The number of piperidine rings is 1. The summed E-state index contributed by atoms with van der Waals surface area (Å²) in [5.41, 5.74) is 0.380. The molecule has 2 rings (SSSR count). The van der Waals surface area contributed by atoms with Crippen molar-refractivity contribution < 1.29 is 14.6 Å². The van der Waals surface area contributed by atoms with E-state index in [2.05, 4.69) is 5.32 Å². The first-order valence-electron chi connectivity index (χ1n) is 6.82. The van der Waals surface area contributed by atoms with Crippen LogP contribution in [0.4, 0.5) is 0 Å². The van der Waals surface area contributed by atoms with Gasteiger partial charge in [0.05, 0.1) is 11.7 Å². The van der Waals surface area contributed by atoms with E-state index in [-0.39, 0.29) is 23.6 Å². The second-order valence-electron chi connectivity index (χ2n) is 5.23. The van der Waals surface area contributed by atoms with Crippen LogP contribution in [0.2, 0.25) is 0 Å². The second-order valence-corrected chi connectivity index (χ2v) is 5.23. The zero-order valence-electron chi connectivity index (χ0n) is 11.5. The maximum absolute atomic E-state index is 12.4. The fourth-order valence-electron chi connectivity index (χ4n) is 2.36. The van der Waals surface area contributed by atoms with E-state index in [1.165, 1.54) is 6.07 Å². The number of phenols is 1. The van der Waals surface area contributed by atoms with Crippen molar-refractivity contribution in [2.75, 3.05) is 13.1 Å². The fraction of sp³-hybridized carbons (Fsp3) is 0.533. The zero-order valence-corrected chi connectivity index (χ0v) is 11.5. The van der Waals surface area contributed by atoms with Crippen LogP contribution in [0, 0.1) is 5.92 Å². The molecule has 0 atom stereocenters. The smallest absolute Gasteiger partial charge is 0.169 e. The van der Waals surface area contributed by atoms with Gasteiger partial charge in [-0.15, -0.1) is 0 Å². The molecule has 0 bridgehead atoms. The Morgan fingerprint density at radius 2 is 2.05 bits per heavy atom. The summed E-state index contributed by atoms with van der Waals surface area (Å²) in [6, 6.07) is 4.88. The maximum Gasteiger partial charge on any atom is 0.169 e. The van der Waals surface area contributed by atoms with E-state index in [1.807, 2.05) is 13.8 Å². The minimum atomic E-state index is 0.00134. The molecule has 4 heteroatoms. The molecule has 0 saturated carbocycles. The van der Waals surface area contributed by atoms with Gasteiger partial charge in [0.25, 0.3) is 0 Å². The molecular weight excluding hydrogens is 242 g/mol. The van der Waals surface area contributed by atoms with Crippen molar-refractivity contribution in [2.45, 2.75) is 32.8 Å². The Hall–Kier alpha value is -1.55. The summed E-state index contributed by atoms with van der Waals surface area (Å²) >= 11 is 0. The first kappa shape index (κ1) is 13.9. The molecule has 0 radical (unpaired) electrons. The molecule has 1 aromatic carbocycles. The van der Waals surface area contributed by atoms with E-state index in [1.54, 1.807) is 12.1 Å². The van der Waals surface area contributed by atoms with E-state index in [9.17, 15) is 9.90 Å². The quantitative estimate of drug-likeness (QED) is 0.819. The van der Waals surface area contributed by atoms with Crippen LogP contribution < -0.4 is 10.1 Å². The number of ether oxygens (including phenoxy) is 1. The average Bonchev–Trinajstić information content (AvgIpc) is 2.40. The summed E-state index contributed by atoms with van der Waals surface area (Å²) in [6.07, 6.45) is 1.70. The van der Waals surface area contributed by atoms with Crippen LogP contribution in [0.1, 0.15) is 37.0 Å². The summed E-state index contributed by atoms with van der Waals surface area (Å²) in [7, 11) is 0. The molecule has 0 aliphatic carbocycles. The molecule has 1 heterocycles. The second kappa shape index (κ2) is 6.06. The lowest BCUT2D eigenvalue weighted by Gasteiger charge is -2.22. The lowest BCUT2D eigenvalue weighted by atomic mass is 9.89. The van der Waals surface area contributed by atoms with Crippen molar-refractivity contribution in [1.29, 1.82) is 0 Å². The number of aromatic hydroxyl groups is 1. The van der Waals surface area contributed by atoms with Crippen LogP contribution >= 0.6 is 0 Å². The van der Waals surface area contributed by atoms with Gasteiger partial charge in [0.15, 0.2) is 5.78 Å². The third kappa shape index (κ3) is 3.47. The Kier molecular flexibility index (Phi) is 4.43. The molecule has 104 valence electrons. The number of phenolic OH excluding ortho intramolecular Hbond substituents is 1. The summed E-state index contributed by atoms with van der Waals surface area (Å²) in [6.45, 7) is 5.58. The number of hydrogen-bond acceptors (Lipinski definition) is 4. The molecule has 2 N–H and O–H groups in total. The van der Waals surface area contributed by atoms with Gasteiger partial charge in [-0.2, -0.15) is 0 Å². The number of ketones is 1. The molecule has 1 saturated heterocycles. The Labute approximate surface area is 113 Å². The van der Waals surface area contributed by atoms with Gasteiger partial charge < -0.3 is 15.2 Å². The molecule has 0 aromatic heterocycles. The van der Waals surface area contributed by atoms with E-state index < -0.39 is 0 Å². The fourth-order valence-corrected chi connectivity index (χ4v) is 2.36. The molecule has 0 amide bonds. The van der Waals surface area contributed by atoms with Gasteiger partial charge in [-0.3, -0.25) is 4.79 Å². The predicted octanol–water partition coefficient (Wildman–Crippen LogP) is 2.36. The van der Waals surface area contributed by atoms with E-state index >= 15 is 0 Å². The largest absolute Gasteiger partial charge is 0.507 e. The highest BCUT2D eigenvalue weighted by Crippen LogP contribution is 2.28. The minimum Gasteiger partial charge on any atom is -0.507 e. The Balaban J connectivity index is 2.19. The van der Waals surface area contributed by atoms with Crippen LogP contribution in [0.5, 0.6) is 11.5 Å². The third-order valence-electron chi connectivity index (χ3n) is 3.32. The van der Waals surface area contributed by atoms with Gasteiger partial charge in [-0.05, 0) is 58.0 Å². The van der Waals surface area contributed by atoms with Crippen molar-refractivity contribution in [3.8, 4) is 11.5 Å². The number of Topliss-reactive ketones (excluding diaryl/α,β-unsaturated/α-hetero) is 1. The van der Waals surface area contributed by atoms with Crippen LogP contribution in [0.3, 0.4) is 0 Å². The molecule has 1 fully saturated rings. The van der Waals surface area contributed by atoms with Crippen molar-refractivity contribution in [3.63, 3.8) is 0 Å². The minimum absolute atomic E-state index is 0.00134. The summed E-state index contributed by atoms with van der Waals surface area (Å²) in [5, 5.41) is 13.1. The van der Waals surface area contributed by atoms with Crippen molar-refractivity contribution in [1.82, 2.24) is 5.32 Å². The summed E-state index contributed by atoms with van der Waals surface area (Å²) < 4.78 is 5.57. The average molecular weight is 263 g/mol. The topological polar surface area (TPSA) is 58.6 Å². The van der Waals surface area contributed by atoms with Crippen molar-refractivity contribution in [2.24, 2.45) is 5.92 Å². The van der Waals surface area contributed by atoms with Gasteiger partial charge in [-0.1, -0.05) is 0 Å². The molecule has 4 nitrogen and oxygen atoms in total. The van der Waals surface area contributed by atoms with Crippen molar-refractivity contribution in [3.05, 3.63) is 23.8 Å². The van der Waals surface area contributed by atoms with Crippen LogP contribution in [-0.4, -0.2) is 30.1 Å². The molecule has 0 spiro atoms. The SMILES string of the molecule is CC(C)Oc1ccc(O)c(C(=O)C2CCNCC2)c1. The third-order valence-corrected chi connectivity index (χ3v) is 3.32. The van der Waals surface area contributed by atoms with Gasteiger partial charge >= 0.3 is 0 Å². The van der Waals surface area contributed by atoms with Crippen LogP contribution in [0.15, 0.2) is 18.2 Å². The highest BCUT2D eigenvalue weighted by Gasteiger charge is 2.24. The van der Waals surface area contributed by atoms with Gasteiger partial charge in [0, 0.05) is 5.92 Å². The first-order valence-corrected chi connectivity index (χ1v) is 6.82. The Morgan fingerprint density at radius 1 is 1.37 bits per heavy atom. The van der Waals surface area contributed by atoms with E-state index in [0.717, 1.165) is 25.9 Å². The molecule has 1 aliphatic heterocycles. The molecule has 1 aliphatic rings. The number of rotatable bonds is 4. The van der Waals surface area contributed by atoms with Crippen molar-refractivity contribution >= 4 is 5.78 Å². The highest BCUT2D eigenvalue weighted by atomic mass is 16.5. The Morgan fingerprint density at radius 3 is 2.68 bits per heavy atom.